The number of aromatic nitrogens is 3. The summed E-state index contributed by atoms with van der Waals surface area (Å²) in [4.78, 5) is 21.1. The molecule has 158 valence electrons. The van der Waals surface area contributed by atoms with Crippen molar-refractivity contribution in [2.45, 2.75) is 18.0 Å². The van der Waals surface area contributed by atoms with E-state index >= 15 is 0 Å². The molecule has 0 unspecified atom stereocenters. The normalized spacial score (nSPS) is 14.3. The van der Waals surface area contributed by atoms with Crippen LogP contribution in [0, 0.1) is 10.1 Å². The molecule has 12 heteroatoms. The van der Waals surface area contributed by atoms with E-state index in [9.17, 15) is 23.7 Å². The van der Waals surface area contributed by atoms with Crippen LogP contribution >= 0.6 is 0 Å². The smallest absolute Gasteiger partial charge is 0.311 e. The molecule has 1 fully saturated rings. The molecule has 2 aromatic heterocycles. The zero-order valence-electron chi connectivity index (χ0n) is 15.9. The summed E-state index contributed by atoms with van der Waals surface area (Å²) < 4.78 is 25.9. The number of imidazole rings is 1. The van der Waals surface area contributed by atoms with E-state index in [4.69, 9.17) is 0 Å². The van der Waals surface area contributed by atoms with E-state index in [1.165, 1.54) is 6.07 Å². The molecule has 1 aliphatic heterocycles. The predicted octanol–water partition coefficient (Wildman–Crippen LogP) is 2.06. The van der Waals surface area contributed by atoms with Crippen molar-refractivity contribution >= 4 is 38.2 Å². The van der Waals surface area contributed by atoms with Crippen LogP contribution in [0.25, 0.3) is 11.0 Å². The van der Waals surface area contributed by atoms with Gasteiger partial charge in [0.2, 0.25) is 15.7 Å². The van der Waals surface area contributed by atoms with Crippen molar-refractivity contribution < 1.29 is 18.5 Å². The van der Waals surface area contributed by atoms with E-state index in [0.717, 1.165) is 25.9 Å². The SMILES string of the molecule is O=[N+]([O-])c1ccc(N2CCCC2)nc1NCCS(=O)(=O)c1nc2ccccc2n1O. The topological polar surface area (TPSA) is 143 Å². The molecule has 1 aliphatic rings. The summed E-state index contributed by atoms with van der Waals surface area (Å²) in [7, 11) is -3.95. The molecule has 1 aromatic carbocycles. The summed E-state index contributed by atoms with van der Waals surface area (Å²) in [6.07, 6.45) is 2.06. The van der Waals surface area contributed by atoms with Crippen LogP contribution in [0.15, 0.2) is 41.6 Å². The fraction of sp³-hybridized carbons (Fsp3) is 0.333. The first-order valence-electron chi connectivity index (χ1n) is 9.40. The van der Waals surface area contributed by atoms with Gasteiger partial charge in [0.15, 0.2) is 0 Å². The van der Waals surface area contributed by atoms with Gasteiger partial charge >= 0.3 is 5.69 Å². The van der Waals surface area contributed by atoms with E-state index in [1.807, 2.05) is 4.90 Å². The second-order valence-electron chi connectivity index (χ2n) is 6.93. The molecule has 11 nitrogen and oxygen atoms in total. The predicted molar refractivity (Wildman–Crippen MR) is 110 cm³/mol. The molecule has 4 rings (SSSR count). The minimum atomic E-state index is -3.95. The Morgan fingerprint density at radius 3 is 2.57 bits per heavy atom. The van der Waals surface area contributed by atoms with E-state index in [1.54, 1.807) is 30.3 Å². The van der Waals surface area contributed by atoms with Crippen LogP contribution in [-0.2, 0) is 9.84 Å². The maximum absolute atomic E-state index is 12.7. The second-order valence-corrected chi connectivity index (χ2v) is 8.93. The first-order chi connectivity index (χ1) is 14.4. The number of benzene rings is 1. The first-order valence-corrected chi connectivity index (χ1v) is 11.1. The van der Waals surface area contributed by atoms with Crippen LogP contribution in [0.3, 0.4) is 0 Å². The van der Waals surface area contributed by atoms with Gasteiger partial charge in [0, 0.05) is 25.7 Å². The van der Waals surface area contributed by atoms with Crippen molar-refractivity contribution in [2.24, 2.45) is 0 Å². The number of sulfone groups is 1. The van der Waals surface area contributed by atoms with E-state index < -0.39 is 25.7 Å². The lowest BCUT2D eigenvalue weighted by Crippen LogP contribution is -2.22. The molecule has 0 saturated carbocycles. The van der Waals surface area contributed by atoms with Gasteiger partial charge in [-0.1, -0.05) is 12.1 Å². The van der Waals surface area contributed by atoms with Crippen molar-refractivity contribution in [1.29, 1.82) is 0 Å². The van der Waals surface area contributed by atoms with Gasteiger partial charge in [-0.25, -0.2) is 18.4 Å². The van der Waals surface area contributed by atoms with Crippen LogP contribution in [0.4, 0.5) is 17.3 Å². The number of nitrogens with one attached hydrogen (secondary N) is 1. The molecule has 0 aliphatic carbocycles. The van der Waals surface area contributed by atoms with Crippen LogP contribution in [0.5, 0.6) is 0 Å². The quantitative estimate of drug-likeness (QED) is 0.326. The maximum atomic E-state index is 12.7. The van der Waals surface area contributed by atoms with Crippen molar-refractivity contribution in [1.82, 2.24) is 14.7 Å². The number of rotatable bonds is 7. The molecule has 3 heterocycles. The van der Waals surface area contributed by atoms with Gasteiger partial charge in [-0.05, 0) is 31.0 Å². The highest BCUT2D eigenvalue weighted by atomic mass is 32.2. The molecule has 0 spiro atoms. The number of hydrogen-bond donors (Lipinski definition) is 2. The molecule has 30 heavy (non-hydrogen) atoms. The van der Waals surface area contributed by atoms with Crippen molar-refractivity contribution in [3.05, 3.63) is 46.5 Å². The van der Waals surface area contributed by atoms with Crippen LogP contribution in [0.2, 0.25) is 0 Å². The number of hydrogen-bond acceptors (Lipinski definition) is 9. The summed E-state index contributed by atoms with van der Waals surface area (Å²) in [6, 6.07) is 9.45. The zero-order valence-corrected chi connectivity index (χ0v) is 16.7. The average Bonchev–Trinajstić information content (AvgIpc) is 3.37. The summed E-state index contributed by atoms with van der Waals surface area (Å²) in [5.41, 5.74) is 0.395. The number of fused-ring (bicyclic) bond motifs is 1. The highest BCUT2D eigenvalue weighted by Gasteiger charge is 2.25. The Kier molecular flexibility index (Phi) is 5.16. The van der Waals surface area contributed by atoms with E-state index in [-0.39, 0.29) is 23.6 Å². The van der Waals surface area contributed by atoms with Crippen molar-refractivity contribution in [2.75, 3.05) is 35.6 Å². The maximum Gasteiger partial charge on any atom is 0.311 e. The van der Waals surface area contributed by atoms with E-state index in [0.29, 0.717) is 16.1 Å². The van der Waals surface area contributed by atoms with Crippen molar-refractivity contribution in [3.63, 3.8) is 0 Å². The molecule has 3 aromatic rings. The number of nitrogens with zero attached hydrogens (tertiary/aromatic N) is 5. The summed E-state index contributed by atoms with van der Waals surface area (Å²) in [6.45, 7) is 1.51. The third kappa shape index (κ3) is 3.73. The fourth-order valence-electron chi connectivity index (χ4n) is 3.43. The van der Waals surface area contributed by atoms with Crippen molar-refractivity contribution in [3.8, 4) is 0 Å². The summed E-state index contributed by atoms with van der Waals surface area (Å²) in [5.74, 6) is 0.196. The fourth-order valence-corrected chi connectivity index (χ4v) is 4.58. The minimum absolute atomic E-state index is 0.0112. The molecule has 2 N–H and O–H groups in total. The van der Waals surface area contributed by atoms with Gasteiger partial charge in [0.1, 0.15) is 11.3 Å². The molecular formula is C18H20N6O5S. The number of nitro groups is 1. The highest BCUT2D eigenvalue weighted by molar-refractivity contribution is 7.91. The Hall–Kier alpha value is -3.41. The van der Waals surface area contributed by atoms with Gasteiger partial charge in [-0.2, -0.15) is 4.73 Å². The van der Waals surface area contributed by atoms with Crippen LogP contribution in [0.1, 0.15) is 12.8 Å². The largest absolute Gasteiger partial charge is 0.426 e. The molecular weight excluding hydrogens is 412 g/mol. The summed E-state index contributed by atoms with van der Waals surface area (Å²) in [5, 5.41) is 23.8. The Labute approximate surface area is 172 Å². The third-order valence-corrected chi connectivity index (χ3v) is 6.50. The first kappa shape index (κ1) is 19.9. The Morgan fingerprint density at radius 1 is 1.13 bits per heavy atom. The lowest BCUT2D eigenvalue weighted by atomic mass is 10.3. The van der Waals surface area contributed by atoms with Gasteiger partial charge in [0.05, 0.1) is 16.2 Å². The Bertz CT molecular complexity index is 1200. The average molecular weight is 432 g/mol. The van der Waals surface area contributed by atoms with Gasteiger partial charge in [-0.15, -0.1) is 0 Å². The number of para-hydroxylation sites is 2. The summed E-state index contributed by atoms with van der Waals surface area (Å²) >= 11 is 0. The standard InChI is InChI=1S/C18H20N6O5S/c25-23-14-6-2-1-5-13(14)20-18(23)30(28,29)12-9-19-17-15(24(26)27)7-8-16(21-17)22-10-3-4-11-22/h1-2,5-8,25H,3-4,9-12H2,(H,19,21). The number of pyridine rings is 1. The Balaban J connectivity index is 1.53. The molecule has 0 radical (unpaired) electrons. The second kappa shape index (κ2) is 7.78. The molecule has 0 atom stereocenters. The van der Waals surface area contributed by atoms with Gasteiger partial charge < -0.3 is 15.4 Å². The third-order valence-electron chi connectivity index (χ3n) is 4.93. The van der Waals surface area contributed by atoms with Gasteiger partial charge in [0.25, 0.3) is 5.16 Å². The zero-order chi connectivity index (χ0) is 21.3. The van der Waals surface area contributed by atoms with E-state index in [2.05, 4.69) is 15.3 Å². The lowest BCUT2D eigenvalue weighted by Gasteiger charge is -2.17. The highest BCUT2D eigenvalue weighted by Crippen LogP contribution is 2.27. The monoisotopic (exact) mass is 432 g/mol. The minimum Gasteiger partial charge on any atom is -0.426 e. The molecule has 1 saturated heterocycles. The van der Waals surface area contributed by atoms with Crippen LogP contribution < -0.4 is 10.2 Å². The molecule has 0 bridgehead atoms. The Morgan fingerprint density at radius 2 is 1.87 bits per heavy atom. The van der Waals surface area contributed by atoms with Crippen LogP contribution in [-0.4, -0.2) is 58.6 Å². The van der Waals surface area contributed by atoms with Gasteiger partial charge in [-0.3, -0.25) is 10.1 Å². The lowest BCUT2D eigenvalue weighted by molar-refractivity contribution is -0.384. The number of anilines is 2. The molecule has 0 amide bonds.